The Balaban J connectivity index is 2.17. The smallest absolute Gasteiger partial charge is 0.129 e. The highest BCUT2D eigenvalue weighted by molar-refractivity contribution is 6.31. The highest BCUT2D eigenvalue weighted by Gasteiger charge is 2.24. The molecule has 1 unspecified atom stereocenters. The van der Waals surface area contributed by atoms with Gasteiger partial charge in [0.05, 0.1) is 0 Å². The Bertz CT molecular complexity index is 368. The molecule has 0 heterocycles. The molecular formula is C15H21ClFN. The van der Waals surface area contributed by atoms with E-state index in [-0.39, 0.29) is 11.9 Å². The second-order valence-electron chi connectivity index (χ2n) is 5.13. The number of halogens is 2. The Labute approximate surface area is 114 Å². The molecule has 0 spiro atoms. The molecule has 1 aliphatic carbocycles. The molecular weight excluding hydrogens is 249 g/mol. The van der Waals surface area contributed by atoms with Crippen LogP contribution in [0, 0.1) is 11.7 Å². The van der Waals surface area contributed by atoms with Crippen LogP contribution in [0.25, 0.3) is 0 Å². The van der Waals surface area contributed by atoms with Crippen molar-refractivity contribution in [2.24, 2.45) is 5.92 Å². The highest BCUT2D eigenvalue weighted by atomic mass is 35.5. The first-order chi connectivity index (χ1) is 8.72. The molecule has 1 N–H and O–H groups in total. The van der Waals surface area contributed by atoms with Crippen LogP contribution in [0.3, 0.4) is 0 Å². The fourth-order valence-electron chi connectivity index (χ4n) is 2.97. The summed E-state index contributed by atoms with van der Waals surface area (Å²) in [5.41, 5.74) is 0.646. The van der Waals surface area contributed by atoms with Gasteiger partial charge in [0.2, 0.25) is 0 Å². The zero-order valence-electron chi connectivity index (χ0n) is 10.9. The van der Waals surface area contributed by atoms with Gasteiger partial charge in [-0.1, -0.05) is 50.3 Å². The Morgan fingerprint density at radius 2 is 2.11 bits per heavy atom. The zero-order chi connectivity index (χ0) is 13.0. The van der Waals surface area contributed by atoms with Crippen LogP contribution in [-0.2, 0) is 0 Å². The van der Waals surface area contributed by atoms with E-state index in [4.69, 9.17) is 11.6 Å². The summed E-state index contributed by atoms with van der Waals surface area (Å²) in [5, 5.41) is 3.92. The molecule has 1 saturated carbocycles. The van der Waals surface area contributed by atoms with Crippen molar-refractivity contribution in [2.75, 3.05) is 6.54 Å². The summed E-state index contributed by atoms with van der Waals surface area (Å²) in [6.45, 7) is 2.89. The molecule has 18 heavy (non-hydrogen) atoms. The minimum atomic E-state index is -0.188. The lowest BCUT2D eigenvalue weighted by Gasteiger charge is -2.23. The van der Waals surface area contributed by atoms with Crippen molar-refractivity contribution in [1.29, 1.82) is 0 Å². The van der Waals surface area contributed by atoms with Crippen LogP contribution in [0.5, 0.6) is 0 Å². The van der Waals surface area contributed by atoms with E-state index < -0.39 is 0 Å². The molecule has 0 amide bonds. The maximum Gasteiger partial charge on any atom is 0.129 e. The fourth-order valence-corrected chi connectivity index (χ4v) is 3.27. The van der Waals surface area contributed by atoms with E-state index in [2.05, 4.69) is 12.2 Å². The number of benzene rings is 1. The lowest BCUT2D eigenvalue weighted by Crippen LogP contribution is -2.24. The predicted octanol–water partition coefficient (Wildman–Crippen LogP) is 4.71. The summed E-state index contributed by atoms with van der Waals surface area (Å²) in [6, 6.07) is 4.99. The fraction of sp³-hybridized carbons (Fsp3) is 0.600. The maximum absolute atomic E-state index is 14.0. The van der Waals surface area contributed by atoms with Crippen molar-refractivity contribution in [3.8, 4) is 0 Å². The Kier molecular flexibility index (Phi) is 5.02. The molecule has 0 aliphatic heterocycles. The standard InChI is InChI=1S/C15H21ClFN/c1-2-18-14(10-11-6-3-4-7-11)15-12(16)8-5-9-13(15)17/h5,8-9,11,14,18H,2-4,6-7,10H2,1H3. The van der Waals surface area contributed by atoms with Gasteiger partial charge in [-0.05, 0) is 31.0 Å². The molecule has 1 aromatic rings. The van der Waals surface area contributed by atoms with Crippen LogP contribution in [0.4, 0.5) is 4.39 Å². The minimum absolute atomic E-state index is 0.0480. The Morgan fingerprint density at radius 3 is 2.72 bits per heavy atom. The molecule has 2 rings (SSSR count). The van der Waals surface area contributed by atoms with Gasteiger partial charge in [0.1, 0.15) is 5.82 Å². The lowest BCUT2D eigenvalue weighted by atomic mass is 9.93. The van der Waals surface area contributed by atoms with Gasteiger partial charge in [0, 0.05) is 16.6 Å². The molecule has 0 bridgehead atoms. The highest BCUT2D eigenvalue weighted by Crippen LogP contribution is 2.36. The molecule has 100 valence electrons. The normalized spacial score (nSPS) is 18.2. The van der Waals surface area contributed by atoms with Gasteiger partial charge in [-0.2, -0.15) is 0 Å². The molecule has 3 heteroatoms. The van der Waals surface area contributed by atoms with E-state index in [1.165, 1.54) is 31.7 Å². The number of nitrogens with one attached hydrogen (secondary N) is 1. The summed E-state index contributed by atoms with van der Waals surface area (Å²) in [5.74, 6) is 0.524. The molecule has 1 aliphatic rings. The van der Waals surface area contributed by atoms with Crippen LogP contribution >= 0.6 is 11.6 Å². The van der Waals surface area contributed by atoms with Gasteiger partial charge in [-0.25, -0.2) is 4.39 Å². The first-order valence-electron chi connectivity index (χ1n) is 6.89. The van der Waals surface area contributed by atoms with Crippen molar-refractivity contribution in [1.82, 2.24) is 5.32 Å². The third kappa shape index (κ3) is 3.24. The van der Waals surface area contributed by atoms with E-state index >= 15 is 0 Å². The second-order valence-corrected chi connectivity index (χ2v) is 5.54. The molecule has 0 saturated heterocycles. The van der Waals surface area contributed by atoms with Gasteiger partial charge in [0.15, 0.2) is 0 Å². The lowest BCUT2D eigenvalue weighted by molar-refractivity contribution is 0.391. The van der Waals surface area contributed by atoms with Gasteiger partial charge >= 0.3 is 0 Å². The molecule has 1 aromatic carbocycles. The largest absolute Gasteiger partial charge is 0.310 e. The maximum atomic E-state index is 14.0. The summed E-state index contributed by atoms with van der Waals surface area (Å²) in [4.78, 5) is 0. The van der Waals surface area contributed by atoms with Crippen molar-refractivity contribution < 1.29 is 4.39 Å². The third-order valence-corrected chi connectivity index (χ3v) is 4.17. The second kappa shape index (κ2) is 6.53. The topological polar surface area (TPSA) is 12.0 Å². The molecule has 1 nitrogen and oxygen atoms in total. The SMILES string of the molecule is CCNC(CC1CCCC1)c1c(F)cccc1Cl. The Hall–Kier alpha value is -0.600. The molecule has 1 fully saturated rings. The monoisotopic (exact) mass is 269 g/mol. The zero-order valence-corrected chi connectivity index (χ0v) is 11.6. The average molecular weight is 270 g/mol. The molecule has 0 radical (unpaired) electrons. The van der Waals surface area contributed by atoms with Gasteiger partial charge in [0.25, 0.3) is 0 Å². The van der Waals surface area contributed by atoms with E-state index in [1.807, 2.05) is 0 Å². The van der Waals surface area contributed by atoms with Gasteiger partial charge in [-0.15, -0.1) is 0 Å². The quantitative estimate of drug-likeness (QED) is 0.816. The van der Waals surface area contributed by atoms with Crippen molar-refractivity contribution >= 4 is 11.6 Å². The number of rotatable bonds is 5. The van der Waals surface area contributed by atoms with Crippen LogP contribution in [0.15, 0.2) is 18.2 Å². The summed E-state index contributed by atoms with van der Waals surface area (Å²) < 4.78 is 14.0. The average Bonchev–Trinajstić information content (AvgIpc) is 2.82. The summed E-state index contributed by atoms with van der Waals surface area (Å²) in [7, 11) is 0. The molecule has 0 aromatic heterocycles. The van der Waals surface area contributed by atoms with E-state index in [0.717, 1.165) is 13.0 Å². The van der Waals surface area contributed by atoms with E-state index in [1.54, 1.807) is 12.1 Å². The van der Waals surface area contributed by atoms with Crippen molar-refractivity contribution in [3.63, 3.8) is 0 Å². The van der Waals surface area contributed by atoms with Crippen LogP contribution in [0.1, 0.15) is 50.6 Å². The predicted molar refractivity (Wildman–Crippen MR) is 74.4 cm³/mol. The van der Waals surface area contributed by atoms with Gasteiger partial charge in [-0.3, -0.25) is 0 Å². The summed E-state index contributed by atoms with van der Waals surface area (Å²) >= 11 is 6.17. The van der Waals surface area contributed by atoms with E-state index in [9.17, 15) is 4.39 Å². The third-order valence-electron chi connectivity index (χ3n) is 3.84. The van der Waals surface area contributed by atoms with Crippen LogP contribution < -0.4 is 5.32 Å². The number of hydrogen-bond acceptors (Lipinski definition) is 1. The number of hydrogen-bond donors (Lipinski definition) is 1. The first kappa shape index (κ1) is 13.8. The minimum Gasteiger partial charge on any atom is -0.310 e. The summed E-state index contributed by atoms with van der Waals surface area (Å²) in [6.07, 6.45) is 6.17. The Morgan fingerprint density at radius 1 is 1.39 bits per heavy atom. The van der Waals surface area contributed by atoms with Crippen molar-refractivity contribution in [3.05, 3.63) is 34.6 Å². The van der Waals surface area contributed by atoms with Crippen molar-refractivity contribution in [2.45, 2.75) is 45.1 Å². The molecule has 1 atom stereocenters. The first-order valence-corrected chi connectivity index (χ1v) is 7.27. The van der Waals surface area contributed by atoms with E-state index in [0.29, 0.717) is 16.5 Å². The van der Waals surface area contributed by atoms with Crippen LogP contribution in [0.2, 0.25) is 5.02 Å². The van der Waals surface area contributed by atoms with Gasteiger partial charge < -0.3 is 5.32 Å². The van der Waals surface area contributed by atoms with Crippen LogP contribution in [-0.4, -0.2) is 6.54 Å².